The third-order valence-corrected chi connectivity index (χ3v) is 5.37. The lowest BCUT2D eigenvalue weighted by atomic mass is 10.3. The second-order valence-electron chi connectivity index (χ2n) is 3.97. The van der Waals surface area contributed by atoms with E-state index in [0.29, 0.717) is 11.3 Å². The van der Waals surface area contributed by atoms with Crippen LogP contribution in [0.5, 0.6) is 0 Å². The maximum atomic E-state index is 12.3. The molecule has 0 unspecified atom stereocenters. The molecule has 20 heavy (non-hydrogen) atoms. The molecule has 2 rings (SSSR count). The number of ether oxygens (including phenoxy) is 1. The SMILES string of the molecule is COC(=O)c1scc(C)c1S(=O)(=O)NCc1ccco1. The van der Waals surface area contributed by atoms with E-state index in [1.807, 2.05) is 0 Å². The van der Waals surface area contributed by atoms with E-state index < -0.39 is 16.0 Å². The molecule has 108 valence electrons. The summed E-state index contributed by atoms with van der Waals surface area (Å²) in [4.78, 5) is 11.6. The topological polar surface area (TPSA) is 85.6 Å². The first-order valence-electron chi connectivity index (χ1n) is 5.64. The maximum Gasteiger partial charge on any atom is 0.349 e. The van der Waals surface area contributed by atoms with Gasteiger partial charge in [-0.15, -0.1) is 11.3 Å². The largest absolute Gasteiger partial charge is 0.468 e. The van der Waals surface area contributed by atoms with Crippen LogP contribution in [0.4, 0.5) is 0 Å². The van der Waals surface area contributed by atoms with E-state index in [1.54, 1.807) is 24.4 Å². The Morgan fingerprint density at radius 1 is 1.50 bits per heavy atom. The van der Waals surface area contributed by atoms with Crippen molar-refractivity contribution in [2.24, 2.45) is 0 Å². The Bertz CT molecular complexity index is 700. The quantitative estimate of drug-likeness (QED) is 0.852. The molecule has 0 aromatic carbocycles. The minimum absolute atomic E-state index is 0.0191. The molecular weight excluding hydrogens is 302 g/mol. The number of aryl methyl sites for hydroxylation is 1. The van der Waals surface area contributed by atoms with Crippen molar-refractivity contribution in [1.29, 1.82) is 0 Å². The molecule has 0 atom stereocenters. The number of sulfonamides is 1. The van der Waals surface area contributed by atoms with Crippen LogP contribution in [0, 0.1) is 6.92 Å². The van der Waals surface area contributed by atoms with Gasteiger partial charge in [-0.05, 0) is 30.0 Å². The van der Waals surface area contributed by atoms with E-state index in [4.69, 9.17) is 4.42 Å². The van der Waals surface area contributed by atoms with Crippen LogP contribution < -0.4 is 4.72 Å². The number of carbonyl (C=O) groups is 1. The zero-order valence-corrected chi connectivity index (χ0v) is 12.5. The minimum Gasteiger partial charge on any atom is -0.468 e. The van der Waals surface area contributed by atoms with Gasteiger partial charge in [0.1, 0.15) is 15.5 Å². The molecular formula is C12H13NO5S2. The molecule has 0 fully saturated rings. The summed E-state index contributed by atoms with van der Waals surface area (Å²) in [5, 5.41) is 1.60. The summed E-state index contributed by atoms with van der Waals surface area (Å²) in [7, 11) is -2.60. The number of esters is 1. The predicted octanol–water partition coefficient (Wildman–Crippen LogP) is 1.91. The molecule has 2 heterocycles. The van der Waals surface area contributed by atoms with Crippen molar-refractivity contribution >= 4 is 27.3 Å². The van der Waals surface area contributed by atoms with E-state index in [0.717, 1.165) is 11.3 Å². The number of hydrogen-bond donors (Lipinski definition) is 1. The standard InChI is InChI=1S/C12H13NO5S2/c1-8-7-19-10(12(14)17-2)11(8)20(15,16)13-6-9-4-3-5-18-9/h3-5,7,13H,6H2,1-2H3. The molecule has 8 heteroatoms. The van der Waals surface area contributed by atoms with Crippen LogP contribution in [-0.4, -0.2) is 21.5 Å². The van der Waals surface area contributed by atoms with E-state index in [1.165, 1.54) is 13.4 Å². The molecule has 0 aliphatic heterocycles. The Morgan fingerprint density at radius 3 is 2.85 bits per heavy atom. The highest BCUT2D eigenvalue weighted by Crippen LogP contribution is 2.27. The molecule has 0 saturated heterocycles. The summed E-state index contributed by atoms with van der Waals surface area (Å²) in [6, 6.07) is 3.32. The van der Waals surface area contributed by atoms with E-state index >= 15 is 0 Å². The number of nitrogens with one attached hydrogen (secondary N) is 1. The normalized spacial score (nSPS) is 11.5. The molecule has 2 aromatic rings. The smallest absolute Gasteiger partial charge is 0.349 e. The van der Waals surface area contributed by atoms with Gasteiger partial charge in [-0.1, -0.05) is 0 Å². The zero-order chi connectivity index (χ0) is 14.8. The van der Waals surface area contributed by atoms with Crippen molar-refractivity contribution < 1.29 is 22.4 Å². The lowest BCUT2D eigenvalue weighted by molar-refractivity contribution is 0.0602. The third-order valence-electron chi connectivity index (χ3n) is 2.57. The minimum atomic E-state index is -3.81. The predicted molar refractivity (Wildman–Crippen MR) is 73.1 cm³/mol. The Hall–Kier alpha value is -1.64. The second-order valence-corrected chi connectivity index (χ2v) is 6.56. The molecule has 0 aliphatic carbocycles. The first kappa shape index (κ1) is 14.8. The number of carbonyl (C=O) groups excluding carboxylic acids is 1. The third kappa shape index (κ3) is 2.92. The van der Waals surface area contributed by atoms with Gasteiger partial charge < -0.3 is 9.15 Å². The van der Waals surface area contributed by atoms with Gasteiger partial charge in [-0.2, -0.15) is 0 Å². The van der Waals surface area contributed by atoms with Crippen molar-refractivity contribution in [2.45, 2.75) is 18.4 Å². The average Bonchev–Trinajstić information content (AvgIpc) is 3.04. The van der Waals surface area contributed by atoms with Gasteiger partial charge in [0.2, 0.25) is 10.0 Å². The second kappa shape index (κ2) is 5.78. The van der Waals surface area contributed by atoms with Crippen LogP contribution in [-0.2, 0) is 21.3 Å². The number of furan rings is 1. The van der Waals surface area contributed by atoms with Crippen LogP contribution in [0.25, 0.3) is 0 Å². The monoisotopic (exact) mass is 315 g/mol. The van der Waals surface area contributed by atoms with Crippen LogP contribution in [0.2, 0.25) is 0 Å². The van der Waals surface area contributed by atoms with E-state index in [-0.39, 0.29) is 16.3 Å². The van der Waals surface area contributed by atoms with Crippen molar-refractivity contribution in [1.82, 2.24) is 4.72 Å². The van der Waals surface area contributed by atoms with Gasteiger partial charge in [-0.3, -0.25) is 0 Å². The van der Waals surface area contributed by atoms with Crippen LogP contribution in [0.15, 0.2) is 33.1 Å². The number of rotatable bonds is 5. The molecule has 0 amide bonds. The molecule has 0 bridgehead atoms. The van der Waals surface area contributed by atoms with Gasteiger partial charge in [0.05, 0.1) is 19.9 Å². The Morgan fingerprint density at radius 2 is 2.25 bits per heavy atom. The summed E-state index contributed by atoms with van der Waals surface area (Å²) in [6.45, 7) is 1.65. The first-order chi connectivity index (χ1) is 9.45. The molecule has 0 saturated carbocycles. The van der Waals surface area contributed by atoms with E-state index in [9.17, 15) is 13.2 Å². The van der Waals surface area contributed by atoms with Gasteiger partial charge in [0.15, 0.2) is 0 Å². The van der Waals surface area contributed by atoms with E-state index in [2.05, 4.69) is 9.46 Å². The molecule has 0 radical (unpaired) electrons. The molecule has 0 spiro atoms. The van der Waals surface area contributed by atoms with Crippen molar-refractivity contribution in [3.05, 3.63) is 40.0 Å². The lowest BCUT2D eigenvalue weighted by Gasteiger charge is -2.07. The number of methoxy groups -OCH3 is 1. The number of thiophene rings is 1. The molecule has 0 aliphatic rings. The highest BCUT2D eigenvalue weighted by Gasteiger charge is 2.27. The van der Waals surface area contributed by atoms with Gasteiger partial charge in [0, 0.05) is 0 Å². The molecule has 2 aromatic heterocycles. The fourth-order valence-corrected chi connectivity index (χ4v) is 4.35. The maximum absolute atomic E-state index is 12.3. The van der Waals surface area contributed by atoms with Crippen molar-refractivity contribution in [2.75, 3.05) is 7.11 Å². The number of hydrogen-bond acceptors (Lipinski definition) is 6. The van der Waals surface area contributed by atoms with Gasteiger partial charge in [-0.25, -0.2) is 17.9 Å². The summed E-state index contributed by atoms with van der Waals surface area (Å²) < 4.78 is 36.7. The Kier molecular flexibility index (Phi) is 4.26. The van der Waals surface area contributed by atoms with Gasteiger partial charge >= 0.3 is 5.97 Å². The zero-order valence-electron chi connectivity index (χ0n) is 10.9. The molecule has 1 N–H and O–H groups in total. The van der Waals surface area contributed by atoms with Crippen molar-refractivity contribution in [3.63, 3.8) is 0 Å². The average molecular weight is 315 g/mol. The Labute approximate surface area is 120 Å². The lowest BCUT2D eigenvalue weighted by Crippen LogP contribution is -2.25. The van der Waals surface area contributed by atoms with Gasteiger partial charge in [0.25, 0.3) is 0 Å². The van der Waals surface area contributed by atoms with Crippen LogP contribution in [0.1, 0.15) is 21.0 Å². The van der Waals surface area contributed by atoms with Crippen LogP contribution in [0.3, 0.4) is 0 Å². The molecule has 6 nitrogen and oxygen atoms in total. The first-order valence-corrected chi connectivity index (χ1v) is 8.00. The fraction of sp³-hybridized carbons (Fsp3) is 0.250. The van der Waals surface area contributed by atoms with Crippen LogP contribution >= 0.6 is 11.3 Å². The summed E-state index contributed by atoms with van der Waals surface area (Å²) >= 11 is 1.04. The summed E-state index contributed by atoms with van der Waals surface area (Å²) in [6.07, 6.45) is 1.46. The summed E-state index contributed by atoms with van der Waals surface area (Å²) in [5.74, 6) is -0.178. The Balaban J connectivity index is 2.29. The fourth-order valence-electron chi connectivity index (χ4n) is 1.65. The summed E-state index contributed by atoms with van der Waals surface area (Å²) in [5.41, 5.74) is 0.502. The highest BCUT2D eigenvalue weighted by atomic mass is 32.2. The van der Waals surface area contributed by atoms with Crippen molar-refractivity contribution in [3.8, 4) is 0 Å². The highest BCUT2D eigenvalue weighted by molar-refractivity contribution is 7.89.